The van der Waals surface area contributed by atoms with Crippen LogP contribution in [0.3, 0.4) is 0 Å². The van der Waals surface area contributed by atoms with Gasteiger partial charge < -0.3 is 0 Å². The number of thiophene rings is 1. The van der Waals surface area contributed by atoms with Crippen LogP contribution in [0.15, 0.2) is 41.8 Å². The number of sulfonamides is 1. The van der Waals surface area contributed by atoms with E-state index in [1.54, 1.807) is 15.6 Å². The van der Waals surface area contributed by atoms with Gasteiger partial charge in [0.1, 0.15) is 0 Å². The molecule has 0 bridgehead atoms. The molecule has 0 aliphatic carbocycles. The summed E-state index contributed by atoms with van der Waals surface area (Å²) in [7, 11) is -3.27. The van der Waals surface area contributed by atoms with Crippen molar-refractivity contribution in [2.45, 2.75) is 25.1 Å². The largest absolute Gasteiger partial charge is 0.218 e. The lowest BCUT2D eigenvalue weighted by Crippen LogP contribution is -2.38. The van der Waals surface area contributed by atoms with Crippen LogP contribution in [0.1, 0.15) is 29.0 Å². The second-order valence-corrected chi connectivity index (χ2v) is 8.00. The van der Waals surface area contributed by atoms with E-state index in [1.807, 2.05) is 37.3 Å². The van der Waals surface area contributed by atoms with Crippen LogP contribution in [0, 0.1) is 0 Å². The standard InChI is InChI=1S/C15H17NO2S2/c1-12-14-8-10-19-15(14)7-9-16(12)20(17,18)11-13-5-3-2-4-6-13/h2-6,8,10,12H,7,9,11H2,1H3/t12-/m1/s1. The van der Waals surface area contributed by atoms with Crippen molar-refractivity contribution in [2.24, 2.45) is 0 Å². The smallest absolute Gasteiger partial charge is 0.212 e. The molecule has 106 valence electrons. The molecule has 0 saturated heterocycles. The Hall–Kier alpha value is -1.17. The molecule has 1 aliphatic heterocycles. The minimum atomic E-state index is -3.27. The Kier molecular flexibility index (Phi) is 3.67. The molecule has 2 heterocycles. The van der Waals surface area contributed by atoms with Gasteiger partial charge in [0.2, 0.25) is 10.0 Å². The molecule has 1 aromatic carbocycles. The average Bonchev–Trinajstić information content (AvgIpc) is 2.88. The highest BCUT2D eigenvalue weighted by Crippen LogP contribution is 2.35. The van der Waals surface area contributed by atoms with Gasteiger partial charge in [0.25, 0.3) is 0 Å². The molecule has 0 spiro atoms. The minimum absolute atomic E-state index is 0.0567. The summed E-state index contributed by atoms with van der Waals surface area (Å²) < 4.78 is 26.9. The summed E-state index contributed by atoms with van der Waals surface area (Å²) in [5.74, 6) is 0.0810. The maximum absolute atomic E-state index is 12.6. The lowest BCUT2D eigenvalue weighted by molar-refractivity contribution is 0.328. The summed E-state index contributed by atoms with van der Waals surface area (Å²) in [4.78, 5) is 1.32. The predicted octanol–water partition coefficient (Wildman–Crippen LogP) is 3.20. The molecule has 20 heavy (non-hydrogen) atoms. The molecule has 3 rings (SSSR count). The molecule has 3 nitrogen and oxygen atoms in total. The van der Waals surface area contributed by atoms with Gasteiger partial charge in [-0.25, -0.2) is 8.42 Å². The quantitative estimate of drug-likeness (QED) is 0.873. The molecule has 0 unspecified atom stereocenters. The topological polar surface area (TPSA) is 37.4 Å². The highest BCUT2D eigenvalue weighted by molar-refractivity contribution is 7.88. The Labute approximate surface area is 123 Å². The lowest BCUT2D eigenvalue weighted by Gasteiger charge is -2.32. The summed E-state index contributed by atoms with van der Waals surface area (Å²) >= 11 is 1.72. The van der Waals surface area contributed by atoms with E-state index < -0.39 is 10.0 Å². The van der Waals surface area contributed by atoms with Crippen LogP contribution in [0.2, 0.25) is 0 Å². The fourth-order valence-corrected chi connectivity index (χ4v) is 5.44. The number of nitrogens with zero attached hydrogens (tertiary/aromatic N) is 1. The molecule has 1 aliphatic rings. The number of rotatable bonds is 3. The second kappa shape index (κ2) is 5.31. The van der Waals surface area contributed by atoms with E-state index in [-0.39, 0.29) is 11.8 Å². The maximum atomic E-state index is 12.6. The zero-order valence-electron chi connectivity index (χ0n) is 11.3. The molecule has 0 amide bonds. The van der Waals surface area contributed by atoms with Crippen molar-refractivity contribution in [1.29, 1.82) is 0 Å². The predicted molar refractivity (Wildman–Crippen MR) is 82.2 cm³/mol. The average molecular weight is 307 g/mol. The molecule has 5 heteroatoms. The minimum Gasteiger partial charge on any atom is -0.212 e. The van der Waals surface area contributed by atoms with E-state index in [1.165, 1.54) is 4.88 Å². The number of benzene rings is 1. The first-order chi connectivity index (χ1) is 9.58. The van der Waals surface area contributed by atoms with Crippen molar-refractivity contribution in [3.8, 4) is 0 Å². The zero-order chi connectivity index (χ0) is 14.2. The van der Waals surface area contributed by atoms with E-state index in [0.29, 0.717) is 6.54 Å². The van der Waals surface area contributed by atoms with Gasteiger partial charge >= 0.3 is 0 Å². The first-order valence-electron chi connectivity index (χ1n) is 6.67. The van der Waals surface area contributed by atoms with Crippen LogP contribution in [0.5, 0.6) is 0 Å². The Morgan fingerprint density at radius 1 is 1.25 bits per heavy atom. The molecule has 0 fully saturated rings. The van der Waals surface area contributed by atoms with E-state index in [9.17, 15) is 8.42 Å². The van der Waals surface area contributed by atoms with Crippen LogP contribution in [-0.4, -0.2) is 19.3 Å². The maximum Gasteiger partial charge on any atom is 0.218 e. The van der Waals surface area contributed by atoms with Crippen LogP contribution >= 0.6 is 11.3 Å². The van der Waals surface area contributed by atoms with Gasteiger partial charge in [-0.2, -0.15) is 4.31 Å². The highest BCUT2D eigenvalue weighted by atomic mass is 32.2. The summed E-state index contributed by atoms with van der Waals surface area (Å²) in [6.07, 6.45) is 0.825. The van der Waals surface area contributed by atoms with Crippen molar-refractivity contribution in [3.63, 3.8) is 0 Å². The first-order valence-corrected chi connectivity index (χ1v) is 9.16. The van der Waals surface area contributed by atoms with Crippen molar-refractivity contribution in [2.75, 3.05) is 6.54 Å². The monoisotopic (exact) mass is 307 g/mol. The van der Waals surface area contributed by atoms with Gasteiger partial charge in [0.15, 0.2) is 0 Å². The van der Waals surface area contributed by atoms with Gasteiger partial charge in [0.05, 0.1) is 5.75 Å². The van der Waals surface area contributed by atoms with Crippen molar-refractivity contribution in [1.82, 2.24) is 4.31 Å². The summed E-state index contributed by atoms with van der Waals surface area (Å²) in [6, 6.07) is 11.4. The van der Waals surface area contributed by atoms with Gasteiger partial charge in [-0.15, -0.1) is 11.3 Å². The SMILES string of the molecule is C[C@@H]1c2ccsc2CCN1S(=O)(=O)Cc1ccccc1. The van der Waals surface area contributed by atoms with E-state index in [0.717, 1.165) is 17.5 Å². The van der Waals surface area contributed by atoms with E-state index >= 15 is 0 Å². The van der Waals surface area contributed by atoms with Crippen LogP contribution in [0.25, 0.3) is 0 Å². The van der Waals surface area contributed by atoms with Crippen molar-refractivity contribution >= 4 is 21.4 Å². The highest BCUT2D eigenvalue weighted by Gasteiger charge is 2.33. The van der Waals surface area contributed by atoms with Crippen LogP contribution < -0.4 is 0 Å². The van der Waals surface area contributed by atoms with Gasteiger partial charge in [-0.1, -0.05) is 30.3 Å². The molecule has 1 aromatic heterocycles. The molecule has 2 aromatic rings. The summed E-state index contributed by atoms with van der Waals surface area (Å²) in [6.45, 7) is 2.57. The molecular weight excluding hydrogens is 290 g/mol. The van der Waals surface area contributed by atoms with E-state index in [2.05, 4.69) is 11.4 Å². The van der Waals surface area contributed by atoms with Gasteiger partial charge in [-0.05, 0) is 35.9 Å². The van der Waals surface area contributed by atoms with Gasteiger partial charge in [-0.3, -0.25) is 0 Å². The normalized spacial score (nSPS) is 19.8. The molecule has 0 N–H and O–H groups in total. The van der Waals surface area contributed by atoms with Crippen molar-refractivity contribution in [3.05, 3.63) is 57.8 Å². The third-order valence-electron chi connectivity index (χ3n) is 3.77. The fourth-order valence-electron chi connectivity index (χ4n) is 2.73. The zero-order valence-corrected chi connectivity index (χ0v) is 13.0. The third-order valence-corrected chi connectivity index (χ3v) is 6.68. The Balaban J connectivity index is 1.86. The number of fused-ring (bicyclic) bond motifs is 1. The van der Waals surface area contributed by atoms with E-state index in [4.69, 9.17) is 0 Å². The molecule has 0 saturated carbocycles. The lowest BCUT2D eigenvalue weighted by atomic mass is 10.0. The molecular formula is C15H17NO2S2. The van der Waals surface area contributed by atoms with Crippen LogP contribution in [-0.2, 0) is 22.2 Å². The second-order valence-electron chi connectivity index (χ2n) is 5.08. The third kappa shape index (κ3) is 2.53. The summed E-state index contributed by atoms with van der Waals surface area (Å²) in [5, 5.41) is 2.05. The van der Waals surface area contributed by atoms with Gasteiger partial charge in [0, 0.05) is 17.5 Å². The summed E-state index contributed by atoms with van der Waals surface area (Å²) in [5.41, 5.74) is 2.01. The first kappa shape index (κ1) is 13.8. The Bertz CT molecular complexity index is 692. The number of hydrogen-bond donors (Lipinski definition) is 0. The fraction of sp³-hybridized carbons (Fsp3) is 0.333. The Morgan fingerprint density at radius 3 is 2.75 bits per heavy atom. The van der Waals surface area contributed by atoms with Crippen LogP contribution in [0.4, 0.5) is 0 Å². The number of hydrogen-bond acceptors (Lipinski definition) is 3. The Morgan fingerprint density at radius 2 is 2.00 bits per heavy atom. The molecule has 1 atom stereocenters. The van der Waals surface area contributed by atoms with Crippen molar-refractivity contribution < 1.29 is 8.42 Å². The molecule has 0 radical (unpaired) electrons.